The minimum absolute atomic E-state index is 0.224. The highest BCUT2D eigenvalue weighted by atomic mass is 32.2. The Kier molecular flexibility index (Phi) is 2.21. The number of aromatic nitrogens is 1. The van der Waals surface area contributed by atoms with Gasteiger partial charge in [-0.25, -0.2) is 0 Å². The molecule has 1 amide bonds. The van der Waals surface area contributed by atoms with Gasteiger partial charge in [0.25, 0.3) is 5.91 Å². The van der Waals surface area contributed by atoms with E-state index >= 15 is 0 Å². The predicted octanol–water partition coefficient (Wildman–Crippen LogP) is 0.514. The summed E-state index contributed by atoms with van der Waals surface area (Å²) < 4.78 is 31.0. The molecule has 0 spiro atoms. The van der Waals surface area contributed by atoms with Crippen molar-refractivity contribution in [2.24, 2.45) is 5.73 Å². The van der Waals surface area contributed by atoms with Gasteiger partial charge < -0.3 is 10.7 Å². The number of benzene rings is 1. The van der Waals surface area contributed by atoms with E-state index in [0.717, 1.165) is 0 Å². The third kappa shape index (κ3) is 1.55. The normalized spacial score (nSPS) is 11.8. The Balaban J connectivity index is 2.95. The van der Waals surface area contributed by atoms with Crippen LogP contribution in [0.15, 0.2) is 29.3 Å². The molecule has 0 fully saturated rings. The summed E-state index contributed by atoms with van der Waals surface area (Å²) >= 11 is 0. The SMILES string of the molecule is NC(=O)c1c(S(=O)(=O)O)[nH]c2ccccc12. The Morgan fingerprint density at radius 3 is 2.50 bits per heavy atom. The Morgan fingerprint density at radius 1 is 1.31 bits per heavy atom. The van der Waals surface area contributed by atoms with Crippen LogP contribution in [0, 0.1) is 0 Å². The molecule has 0 aliphatic heterocycles. The van der Waals surface area contributed by atoms with Gasteiger partial charge >= 0.3 is 10.1 Å². The van der Waals surface area contributed by atoms with E-state index < -0.39 is 21.1 Å². The van der Waals surface area contributed by atoms with E-state index in [-0.39, 0.29) is 5.56 Å². The van der Waals surface area contributed by atoms with Crippen molar-refractivity contribution in [2.45, 2.75) is 5.03 Å². The molecule has 0 atom stereocenters. The molecule has 84 valence electrons. The zero-order chi connectivity index (χ0) is 11.9. The monoisotopic (exact) mass is 240 g/mol. The molecular formula is C9H8N2O4S. The fourth-order valence-corrected chi connectivity index (χ4v) is 2.26. The molecular weight excluding hydrogens is 232 g/mol. The summed E-state index contributed by atoms with van der Waals surface area (Å²) in [4.78, 5) is 13.6. The van der Waals surface area contributed by atoms with E-state index in [1.165, 1.54) is 0 Å². The molecule has 1 aromatic carbocycles. The molecule has 1 aromatic heterocycles. The fourth-order valence-electron chi connectivity index (χ4n) is 1.56. The van der Waals surface area contributed by atoms with Gasteiger partial charge in [-0.05, 0) is 6.07 Å². The van der Waals surface area contributed by atoms with E-state index in [1.54, 1.807) is 24.3 Å². The van der Waals surface area contributed by atoms with Crippen molar-refractivity contribution >= 4 is 26.9 Å². The van der Waals surface area contributed by atoms with E-state index in [2.05, 4.69) is 4.98 Å². The Hall–Kier alpha value is -1.86. The maximum absolute atomic E-state index is 11.2. The zero-order valence-corrected chi connectivity index (χ0v) is 8.78. The highest BCUT2D eigenvalue weighted by molar-refractivity contribution is 7.85. The average Bonchev–Trinajstić information content (AvgIpc) is 2.55. The molecule has 0 saturated carbocycles. The molecule has 0 radical (unpaired) electrons. The number of hydrogen-bond donors (Lipinski definition) is 3. The number of aromatic amines is 1. The number of nitrogens with one attached hydrogen (secondary N) is 1. The van der Waals surface area contributed by atoms with Gasteiger partial charge in [-0.15, -0.1) is 0 Å². The molecule has 7 heteroatoms. The van der Waals surface area contributed by atoms with Crippen LogP contribution in [0.4, 0.5) is 0 Å². The molecule has 16 heavy (non-hydrogen) atoms. The number of carbonyl (C=O) groups excluding carboxylic acids is 1. The lowest BCUT2D eigenvalue weighted by Crippen LogP contribution is -2.15. The van der Waals surface area contributed by atoms with Gasteiger partial charge in [-0.3, -0.25) is 9.35 Å². The van der Waals surface area contributed by atoms with Crippen molar-refractivity contribution in [3.05, 3.63) is 29.8 Å². The molecule has 0 saturated heterocycles. The molecule has 2 aromatic rings. The van der Waals surface area contributed by atoms with E-state index in [1.807, 2.05) is 0 Å². The Bertz CT molecular complexity index is 672. The zero-order valence-electron chi connectivity index (χ0n) is 7.97. The van der Waals surface area contributed by atoms with Crippen molar-refractivity contribution in [1.82, 2.24) is 4.98 Å². The summed E-state index contributed by atoms with van der Waals surface area (Å²) in [5.41, 5.74) is 5.28. The van der Waals surface area contributed by atoms with Crippen LogP contribution >= 0.6 is 0 Å². The van der Waals surface area contributed by atoms with Gasteiger partial charge in [0.05, 0.1) is 5.56 Å². The van der Waals surface area contributed by atoms with Crippen LogP contribution in [0.2, 0.25) is 0 Å². The topological polar surface area (TPSA) is 113 Å². The fraction of sp³-hybridized carbons (Fsp3) is 0. The van der Waals surface area contributed by atoms with Gasteiger partial charge in [-0.1, -0.05) is 18.2 Å². The van der Waals surface area contributed by atoms with Crippen LogP contribution in [-0.2, 0) is 10.1 Å². The minimum atomic E-state index is -4.50. The Labute approximate surface area is 90.8 Å². The summed E-state index contributed by atoms with van der Waals surface area (Å²) in [7, 11) is -4.50. The van der Waals surface area contributed by atoms with Crippen LogP contribution < -0.4 is 5.73 Å². The van der Waals surface area contributed by atoms with Crippen LogP contribution in [0.25, 0.3) is 10.9 Å². The third-order valence-corrected chi connectivity index (χ3v) is 3.00. The standard InChI is InChI=1S/C9H8N2O4S/c10-8(12)7-5-3-1-2-4-6(5)11-9(7)16(13,14)15/h1-4,11H,(H2,10,12)(H,13,14,15). The van der Waals surface area contributed by atoms with Gasteiger partial charge in [0.1, 0.15) is 0 Å². The van der Waals surface area contributed by atoms with Crippen molar-refractivity contribution in [2.75, 3.05) is 0 Å². The maximum atomic E-state index is 11.2. The second kappa shape index (κ2) is 3.32. The molecule has 0 aliphatic carbocycles. The molecule has 0 bridgehead atoms. The van der Waals surface area contributed by atoms with Gasteiger partial charge in [-0.2, -0.15) is 8.42 Å². The first-order valence-electron chi connectivity index (χ1n) is 4.29. The summed E-state index contributed by atoms with van der Waals surface area (Å²) in [5, 5.41) is -0.205. The number of carbonyl (C=O) groups is 1. The van der Waals surface area contributed by atoms with Crippen molar-refractivity contribution in [3.8, 4) is 0 Å². The first kappa shape index (κ1) is 10.7. The number of H-pyrrole nitrogens is 1. The van der Waals surface area contributed by atoms with E-state index in [0.29, 0.717) is 10.9 Å². The van der Waals surface area contributed by atoms with Crippen molar-refractivity contribution < 1.29 is 17.8 Å². The Morgan fingerprint density at radius 2 is 1.94 bits per heavy atom. The molecule has 4 N–H and O–H groups in total. The molecule has 0 aliphatic rings. The molecule has 2 rings (SSSR count). The number of hydrogen-bond acceptors (Lipinski definition) is 3. The molecule has 1 heterocycles. The second-order valence-corrected chi connectivity index (χ2v) is 4.57. The van der Waals surface area contributed by atoms with Crippen LogP contribution in [0.3, 0.4) is 0 Å². The number of nitrogens with two attached hydrogens (primary N) is 1. The van der Waals surface area contributed by atoms with E-state index in [4.69, 9.17) is 10.3 Å². The number of rotatable bonds is 2. The third-order valence-electron chi connectivity index (χ3n) is 2.18. The van der Waals surface area contributed by atoms with Gasteiger partial charge in [0.15, 0.2) is 5.03 Å². The molecule has 0 unspecified atom stereocenters. The number of para-hydroxylation sites is 1. The van der Waals surface area contributed by atoms with E-state index in [9.17, 15) is 13.2 Å². The van der Waals surface area contributed by atoms with Crippen molar-refractivity contribution in [3.63, 3.8) is 0 Å². The molecule has 6 nitrogen and oxygen atoms in total. The van der Waals surface area contributed by atoms with Crippen molar-refractivity contribution in [1.29, 1.82) is 0 Å². The first-order chi connectivity index (χ1) is 7.41. The number of fused-ring (bicyclic) bond motifs is 1. The lowest BCUT2D eigenvalue weighted by atomic mass is 10.2. The minimum Gasteiger partial charge on any atom is -0.365 e. The smallest absolute Gasteiger partial charge is 0.310 e. The lowest BCUT2D eigenvalue weighted by molar-refractivity contribution is 0.0998. The largest absolute Gasteiger partial charge is 0.365 e. The lowest BCUT2D eigenvalue weighted by Gasteiger charge is -1.96. The average molecular weight is 240 g/mol. The van der Waals surface area contributed by atoms with Gasteiger partial charge in [0, 0.05) is 10.9 Å². The second-order valence-electron chi connectivity index (χ2n) is 3.21. The summed E-state index contributed by atoms with van der Waals surface area (Å²) in [6.45, 7) is 0. The summed E-state index contributed by atoms with van der Waals surface area (Å²) in [5.74, 6) is -0.912. The highest BCUT2D eigenvalue weighted by Crippen LogP contribution is 2.24. The number of primary amides is 1. The maximum Gasteiger partial charge on any atom is 0.310 e. The first-order valence-corrected chi connectivity index (χ1v) is 5.73. The quantitative estimate of drug-likeness (QED) is 0.663. The highest BCUT2D eigenvalue weighted by Gasteiger charge is 2.24. The van der Waals surface area contributed by atoms with Crippen LogP contribution in [0.5, 0.6) is 0 Å². The van der Waals surface area contributed by atoms with Gasteiger partial charge in [0.2, 0.25) is 0 Å². The van der Waals surface area contributed by atoms with Crippen LogP contribution in [0.1, 0.15) is 10.4 Å². The summed E-state index contributed by atoms with van der Waals surface area (Å²) in [6, 6.07) is 6.42. The summed E-state index contributed by atoms with van der Waals surface area (Å²) in [6.07, 6.45) is 0. The number of amides is 1. The predicted molar refractivity (Wildman–Crippen MR) is 56.6 cm³/mol. The van der Waals surface area contributed by atoms with Crippen LogP contribution in [-0.4, -0.2) is 23.9 Å².